The van der Waals surface area contributed by atoms with E-state index in [4.69, 9.17) is 14.6 Å². The van der Waals surface area contributed by atoms with Crippen LogP contribution in [-0.4, -0.2) is 40.6 Å². The minimum absolute atomic E-state index is 0.0914. The molecule has 2 rings (SSSR count). The Morgan fingerprint density at radius 1 is 1.47 bits per heavy atom. The lowest BCUT2D eigenvalue weighted by Crippen LogP contribution is -2.26. The van der Waals surface area contributed by atoms with Gasteiger partial charge in [0, 0.05) is 12.7 Å². The summed E-state index contributed by atoms with van der Waals surface area (Å²) in [6, 6.07) is 2.87. The summed E-state index contributed by atoms with van der Waals surface area (Å²) >= 11 is 0. The number of hydrogen-bond acceptors (Lipinski definition) is 5. The van der Waals surface area contributed by atoms with Gasteiger partial charge in [-0.15, -0.1) is 10.2 Å². The van der Waals surface area contributed by atoms with Gasteiger partial charge in [-0.3, -0.25) is 0 Å². The van der Waals surface area contributed by atoms with Gasteiger partial charge >= 0.3 is 5.97 Å². The van der Waals surface area contributed by atoms with Crippen molar-refractivity contribution in [2.45, 2.75) is 25.4 Å². The van der Waals surface area contributed by atoms with Gasteiger partial charge in [0.25, 0.3) is 0 Å². The monoisotopic (exact) mass is 238 g/mol. The summed E-state index contributed by atoms with van der Waals surface area (Å²) in [6.07, 6.45) is 3.34. The molecule has 1 aliphatic heterocycles. The Morgan fingerprint density at radius 3 is 2.94 bits per heavy atom. The zero-order valence-electron chi connectivity index (χ0n) is 9.33. The first-order valence-corrected chi connectivity index (χ1v) is 5.57. The predicted octanol–water partition coefficient (Wildman–Crippen LogP) is 1.12. The Balaban J connectivity index is 1.84. The van der Waals surface area contributed by atoms with Crippen molar-refractivity contribution in [2.75, 3.05) is 13.2 Å². The number of hydrogen-bond donors (Lipinski definition) is 1. The lowest BCUT2D eigenvalue weighted by molar-refractivity contribution is -0.0121. The summed E-state index contributed by atoms with van der Waals surface area (Å²) < 4.78 is 10.9. The van der Waals surface area contributed by atoms with Crippen LogP contribution >= 0.6 is 0 Å². The number of ether oxygens (including phenoxy) is 2. The standard InChI is InChI=1S/C11H14N2O4/c14-11(15)9-4-5-10(13-12-9)17-7-8-3-1-2-6-16-8/h4-5,8H,1-3,6-7H2,(H,14,15). The quantitative estimate of drug-likeness (QED) is 0.846. The van der Waals surface area contributed by atoms with Crippen LogP contribution in [0.2, 0.25) is 0 Å². The molecule has 0 saturated carbocycles. The molecule has 1 N–H and O–H groups in total. The molecule has 6 nitrogen and oxygen atoms in total. The minimum atomic E-state index is -1.10. The van der Waals surface area contributed by atoms with Crippen LogP contribution in [0.4, 0.5) is 0 Å². The Kier molecular flexibility index (Phi) is 3.87. The fraction of sp³-hybridized carbons (Fsp3) is 0.545. The molecule has 1 unspecified atom stereocenters. The van der Waals surface area contributed by atoms with Crippen molar-refractivity contribution in [1.82, 2.24) is 10.2 Å². The van der Waals surface area contributed by atoms with Crippen molar-refractivity contribution in [2.24, 2.45) is 0 Å². The second-order valence-electron chi connectivity index (χ2n) is 3.86. The first-order chi connectivity index (χ1) is 8.25. The Bertz CT molecular complexity index is 374. The highest BCUT2D eigenvalue weighted by atomic mass is 16.5. The van der Waals surface area contributed by atoms with Crippen molar-refractivity contribution in [1.29, 1.82) is 0 Å². The second kappa shape index (κ2) is 5.58. The van der Waals surface area contributed by atoms with E-state index in [1.54, 1.807) is 0 Å². The van der Waals surface area contributed by atoms with Gasteiger partial charge in [0.1, 0.15) is 6.61 Å². The van der Waals surface area contributed by atoms with Gasteiger partial charge in [0.2, 0.25) is 5.88 Å². The molecular formula is C11H14N2O4. The molecule has 2 heterocycles. The van der Waals surface area contributed by atoms with E-state index in [0.29, 0.717) is 12.5 Å². The van der Waals surface area contributed by atoms with Gasteiger partial charge in [-0.2, -0.15) is 0 Å². The van der Waals surface area contributed by atoms with Gasteiger partial charge in [-0.05, 0) is 25.3 Å². The van der Waals surface area contributed by atoms with E-state index < -0.39 is 5.97 Å². The molecule has 0 bridgehead atoms. The zero-order valence-corrected chi connectivity index (χ0v) is 9.33. The SMILES string of the molecule is O=C(O)c1ccc(OCC2CCCCO2)nn1. The molecule has 1 fully saturated rings. The number of carboxylic acids is 1. The predicted molar refractivity (Wildman–Crippen MR) is 58.1 cm³/mol. The molecule has 0 radical (unpaired) electrons. The maximum absolute atomic E-state index is 10.6. The Hall–Kier alpha value is -1.69. The molecule has 1 aromatic rings. The number of aromatic carboxylic acids is 1. The van der Waals surface area contributed by atoms with E-state index >= 15 is 0 Å². The summed E-state index contributed by atoms with van der Waals surface area (Å²) in [5.74, 6) is -0.774. The third kappa shape index (κ3) is 3.39. The summed E-state index contributed by atoms with van der Waals surface area (Å²) in [6.45, 7) is 1.21. The molecule has 1 aliphatic rings. The highest BCUT2D eigenvalue weighted by Crippen LogP contribution is 2.14. The van der Waals surface area contributed by atoms with E-state index in [9.17, 15) is 4.79 Å². The maximum atomic E-state index is 10.6. The third-order valence-electron chi connectivity index (χ3n) is 2.55. The first-order valence-electron chi connectivity index (χ1n) is 5.57. The van der Waals surface area contributed by atoms with Crippen LogP contribution in [0.3, 0.4) is 0 Å². The van der Waals surface area contributed by atoms with Crippen LogP contribution < -0.4 is 4.74 Å². The topological polar surface area (TPSA) is 81.5 Å². The number of carbonyl (C=O) groups is 1. The molecule has 6 heteroatoms. The summed E-state index contributed by atoms with van der Waals surface area (Å²) in [7, 11) is 0. The molecule has 0 spiro atoms. The highest BCUT2D eigenvalue weighted by Gasteiger charge is 2.15. The van der Waals surface area contributed by atoms with Crippen molar-refractivity contribution >= 4 is 5.97 Å². The first kappa shape index (κ1) is 11.8. The molecule has 1 aromatic heterocycles. The molecule has 0 aromatic carbocycles. The molecular weight excluding hydrogens is 224 g/mol. The minimum Gasteiger partial charge on any atom is -0.476 e. The van der Waals surface area contributed by atoms with Crippen LogP contribution in [0.15, 0.2) is 12.1 Å². The zero-order chi connectivity index (χ0) is 12.1. The lowest BCUT2D eigenvalue weighted by atomic mass is 10.1. The van der Waals surface area contributed by atoms with Crippen molar-refractivity contribution in [3.05, 3.63) is 17.8 Å². The summed E-state index contributed by atoms with van der Waals surface area (Å²) in [4.78, 5) is 10.6. The highest BCUT2D eigenvalue weighted by molar-refractivity contribution is 5.84. The molecule has 0 amide bonds. The second-order valence-corrected chi connectivity index (χ2v) is 3.86. The van der Waals surface area contributed by atoms with Crippen molar-refractivity contribution in [3.63, 3.8) is 0 Å². The smallest absolute Gasteiger partial charge is 0.356 e. The van der Waals surface area contributed by atoms with E-state index in [2.05, 4.69) is 10.2 Å². The van der Waals surface area contributed by atoms with Gasteiger partial charge in [-0.25, -0.2) is 4.79 Å². The van der Waals surface area contributed by atoms with Crippen LogP contribution in [0.25, 0.3) is 0 Å². The number of rotatable bonds is 4. The van der Waals surface area contributed by atoms with E-state index in [0.717, 1.165) is 25.9 Å². The van der Waals surface area contributed by atoms with Crippen LogP contribution in [0.1, 0.15) is 29.8 Å². The van der Waals surface area contributed by atoms with Crippen LogP contribution in [-0.2, 0) is 4.74 Å². The van der Waals surface area contributed by atoms with Gasteiger partial charge < -0.3 is 14.6 Å². The van der Waals surface area contributed by atoms with Gasteiger partial charge in [-0.1, -0.05) is 0 Å². The average molecular weight is 238 g/mol. The number of nitrogens with zero attached hydrogens (tertiary/aromatic N) is 2. The lowest BCUT2D eigenvalue weighted by Gasteiger charge is -2.22. The fourth-order valence-electron chi connectivity index (χ4n) is 1.63. The number of carboxylic acid groups (broad SMARTS) is 1. The summed E-state index contributed by atoms with van der Waals surface area (Å²) in [5.41, 5.74) is -0.0914. The maximum Gasteiger partial charge on any atom is 0.356 e. The molecule has 17 heavy (non-hydrogen) atoms. The van der Waals surface area contributed by atoms with Crippen molar-refractivity contribution < 1.29 is 19.4 Å². The molecule has 0 aliphatic carbocycles. The van der Waals surface area contributed by atoms with E-state index in [1.807, 2.05) is 0 Å². The molecule has 1 saturated heterocycles. The van der Waals surface area contributed by atoms with Gasteiger partial charge in [0.15, 0.2) is 5.69 Å². The van der Waals surface area contributed by atoms with E-state index in [-0.39, 0.29) is 11.8 Å². The van der Waals surface area contributed by atoms with E-state index in [1.165, 1.54) is 12.1 Å². The molecule has 1 atom stereocenters. The van der Waals surface area contributed by atoms with Crippen LogP contribution in [0.5, 0.6) is 5.88 Å². The van der Waals surface area contributed by atoms with Gasteiger partial charge in [0.05, 0.1) is 6.10 Å². The summed E-state index contributed by atoms with van der Waals surface area (Å²) in [5, 5.41) is 15.8. The van der Waals surface area contributed by atoms with Crippen LogP contribution in [0, 0.1) is 0 Å². The Labute approximate surface area is 98.6 Å². The van der Waals surface area contributed by atoms with Crippen molar-refractivity contribution in [3.8, 4) is 5.88 Å². The average Bonchev–Trinajstić information content (AvgIpc) is 2.38. The largest absolute Gasteiger partial charge is 0.476 e. The Morgan fingerprint density at radius 2 is 2.35 bits per heavy atom. The fourth-order valence-corrected chi connectivity index (χ4v) is 1.63. The third-order valence-corrected chi connectivity index (χ3v) is 2.55. The number of aromatic nitrogens is 2. The molecule has 92 valence electrons. The normalized spacial score (nSPS) is 19.9.